The van der Waals surface area contributed by atoms with Gasteiger partial charge in [-0.3, -0.25) is 4.98 Å². The molecule has 1 saturated heterocycles. The summed E-state index contributed by atoms with van der Waals surface area (Å²) in [6.45, 7) is 1.87. The van der Waals surface area contributed by atoms with Crippen LogP contribution in [-0.4, -0.2) is 33.6 Å². The van der Waals surface area contributed by atoms with Crippen LogP contribution in [0, 0.1) is 6.92 Å². The van der Waals surface area contributed by atoms with Crippen LogP contribution in [0.1, 0.15) is 28.9 Å². The molecule has 0 atom stereocenters. The van der Waals surface area contributed by atoms with Crippen LogP contribution in [0.5, 0.6) is 0 Å². The highest BCUT2D eigenvalue weighted by Gasteiger charge is 2.17. The molecule has 2 N–H and O–H groups in total. The van der Waals surface area contributed by atoms with E-state index >= 15 is 0 Å². The zero-order chi connectivity index (χ0) is 12.3. The lowest BCUT2D eigenvalue weighted by molar-refractivity contribution is 0.0697. The number of nitrogens with zero attached hydrogens (tertiary/aromatic N) is 1. The number of thioether (sulfide) groups is 1. The molecule has 1 fully saturated rings. The minimum absolute atomic E-state index is 0.258. The summed E-state index contributed by atoms with van der Waals surface area (Å²) in [4.78, 5) is 15.1. The number of carboxylic acids is 1. The van der Waals surface area contributed by atoms with Crippen LogP contribution in [-0.2, 0) is 0 Å². The van der Waals surface area contributed by atoms with Crippen LogP contribution < -0.4 is 5.32 Å². The van der Waals surface area contributed by atoms with E-state index in [0.29, 0.717) is 11.7 Å². The van der Waals surface area contributed by atoms with Crippen molar-refractivity contribution in [3.05, 3.63) is 23.5 Å². The van der Waals surface area contributed by atoms with E-state index in [4.69, 9.17) is 5.11 Å². The number of aromatic nitrogens is 1. The summed E-state index contributed by atoms with van der Waals surface area (Å²) in [6.07, 6.45) is 3.60. The second-order valence-corrected chi connectivity index (χ2v) is 5.43. The molecular formula is C12H16N2O2S. The number of carbonyl (C=O) groups is 1. The maximum atomic E-state index is 11.1. The molecule has 17 heavy (non-hydrogen) atoms. The Morgan fingerprint density at radius 3 is 2.88 bits per heavy atom. The van der Waals surface area contributed by atoms with E-state index < -0.39 is 5.97 Å². The number of aromatic carboxylic acids is 1. The predicted octanol–water partition coefficient (Wildman–Crippen LogP) is 2.40. The van der Waals surface area contributed by atoms with Crippen LogP contribution in [0.3, 0.4) is 0 Å². The minimum Gasteiger partial charge on any atom is -0.478 e. The average molecular weight is 252 g/mol. The predicted molar refractivity (Wildman–Crippen MR) is 69.9 cm³/mol. The first-order chi connectivity index (χ1) is 8.16. The van der Waals surface area contributed by atoms with Gasteiger partial charge in [-0.2, -0.15) is 11.8 Å². The number of aryl methyl sites for hydroxylation is 1. The first-order valence-corrected chi connectivity index (χ1v) is 6.86. The van der Waals surface area contributed by atoms with Crippen molar-refractivity contribution in [3.8, 4) is 0 Å². The Labute approximate surface area is 105 Å². The third-order valence-electron chi connectivity index (χ3n) is 2.85. The first kappa shape index (κ1) is 12.2. The summed E-state index contributed by atoms with van der Waals surface area (Å²) >= 11 is 1.95. The van der Waals surface area contributed by atoms with Crippen molar-refractivity contribution in [2.75, 3.05) is 16.8 Å². The van der Waals surface area contributed by atoms with Crippen molar-refractivity contribution in [1.29, 1.82) is 0 Å². The molecule has 0 bridgehead atoms. The molecule has 0 aliphatic carbocycles. The number of hydrogen-bond donors (Lipinski definition) is 2. The number of rotatable bonds is 3. The molecule has 0 radical (unpaired) electrons. The van der Waals surface area contributed by atoms with Crippen LogP contribution in [0.2, 0.25) is 0 Å². The molecule has 2 rings (SSSR count). The molecule has 0 aromatic carbocycles. The molecule has 5 heteroatoms. The minimum atomic E-state index is -0.926. The third kappa shape index (κ3) is 3.12. The van der Waals surface area contributed by atoms with Crippen molar-refractivity contribution < 1.29 is 9.90 Å². The smallest absolute Gasteiger partial charge is 0.339 e. The van der Waals surface area contributed by atoms with Gasteiger partial charge in [0.2, 0.25) is 0 Å². The summed E-state index contributed by atoms with van der Waals surface area (Å²) < 4.78 is 0. The van der Waals surface area contributed by atoms with Gasteiger partial charge in [-0.05, 0) is 37.3 Å². The van der Waals surface area contributed by atoms with Crippen molar-refractivity contribution in [2.45, 2.75) is 25.8 Å². The fourth-order valence-corrected chi connectivity index (χ4v) is 3.02. The van der Waals surface area contributed by atoms with E-state index in [0.717, 1.165) is 30.0 Å². The molecular weight excluding hydrogens is 236 g/mol. The summed E-state index contributed by atoms with van der Waals surface area (Å²) in [6, 6.07) is 2.20. The molecule has 4 nitrogen and oxygen atoms in total. The lowest BCUT2D eigenvalue weighted by atomic mass is 10.1. The van der Waals surface area contributed by atoms with Gasteiger partial charge in [-0.15, -0.1) is 0 Å². The molecule has 0 amide bonds. The van der Waals surface area contributed by atoms with Crippen LogP contribution in [0.15, 0.2) is 12.3 Å². The number of anilines is 1. The van der Waals surface area contributed by atoms with Gasteiger partial charge >= 0.3 is 5.97 Å². The van der Waals surface area contributed by atoms with E-state index in [1.165, 1.54) is 6.20 Å². The lowest BCUT2D eigenvalue weighted by Gasteiger charge is -2.24. The van der Waals surface area contributed by atoms with Gasteiger partial charge in [0.1, 0.15) is 5.56 Å². The van der Waals surface area contributed by atoms with Crippen molar-refractivity contribution >= 4 is 23.4 Å². The van der Waals surface area contributed by atoms with Gasteiger partial charge in [0.15, 0.2) is 0 Å². The Morgan fingerprint density at radius 2 is 2.24 bits per heavy atom. The van der Waals surface area contributed by atoms with Gasteiger partial charge in [-0.25, -0.2) is 4.79 Å². The molecule has 1 aliphatic rings. The lowest BCUT2D eigenvalue weighted by Crippen LogP contribution is -2.25. The quantitative estimate of drug-likeness (QED) is 0.865. The third-order valence-corrected chi connectivity index (χ3v) is 3.90. The van der Waals surface area contributed by atoms with Gasteiger partial charge in [0.05, 0.1) is 5.69 Å². The fraction of sp³-hybridized carbons (Fsp3) is 0.500. The summed E-state index contributed by atoms with van der Waals surface area (Å²) in [5, 5.41) is 12.4. The SMILES string of the molecule is Cc1cc(NC2CCSCC2)c(C(=O)O)cn1. The standard InChI is InChI=1S/C12H16N2O2S/c1-8-6-11(10(7-13-8)12(15)16)14-9-2-4-17-5-3-9/h6-7,9H,2-5H2,1H3,(H,13,14)(H,15,16). The topological polar surface area (TPSA) is 62.2 Å². The zero-order valence-corrected chi connectivity index (χ0v) is 10.6. The highest BCUT2D eigenvalue weighted by Crippen LogP contribution is 2.23. The molecule has 0 unspecified atom stereocenters. The number of nitrogens with one attached hydrogen (secondary N) is 1. The fourth-order valence-electron chi connectivity index (χ4n) is 1.91. The van der Waals surface area contributed by atoms with E-state index in [1.54, 1.807) is 0 Å². The second-order valence-electron chi connectivity index (χ2n) is 4.21. The zero-order valence-electron chi connectivity index (χ0n) is 9.77. The summed E-state index contributed by atoms with van der Waals surface area (Å²) in [5.74, 6) is 1.36. The monoisotopic (exact) mass is 252 g/mol. The Hall–Kier alpha value is -1.23. The number of carboxylic acid groups (broad SMARTS) is 1. The normalized spacial score (nSPS) is 16.8. The number of hydrogen-bond acceptors (Lipinski definition) is 4. The first-order valence-electron chi connectivity index (χ1n) is 5.71. The average Bonchev–Trinajstić information content (AvgIpc) is 2.30. The molecule has 92 valence electrons. The summed E-state index contributed by atoms with van der Waals surface area (Å²) in [7, 11) is 0. The van der Waals surface area contributed by atoms with E-state index in [2.05, 4.69) is 10.3 Å². The second kappa shape index (κ2) is 5.40. The Balaban J connectivity index is 2.17. The van der Waals surface area contributed by atoms with E-state index in [9.17, 15) is 4.79 Å². The molecule has 2 heterocycles. The van der Waals surface area contributed by atoms with Crippen LogP contribution in [0.25, 0.3) is 0 Å². The van der Waals surface area contributed by atoms with E-state index in [1.807, 2.05) is 24.8 Å². The van der Waals surface area contributed by atoms with Gasteiger partial charge in [-0.1, -0.05) is 0 Å². The van der Waals surface area contributed by atoms with E-state index in [-0.39, 0.29) is 5.56 Å². The van der Waals surface area contributed by atoms with Crippen LogP contribution >= 0.6 is 11.8 Å². The largest absolute Gasteiger partial charge is 0.478 e. The Morgan fingerprint density at radius 1 is 1.53 bits per heavy atom. The van der Waals surface area contributed by atoms with Crippen molar-refractivity contribution in [3.63, 3.8) is 0 Å². The molecule has 0 spiro atoms. The van der Waals surface area contributed by atoms with Crippen molar-refractivity contribution in [2.24, 2.45) is 0 Å². The molecule has 1 aromatic rings. The maximum Gasteiger partial charge on any atom is 0.339 e. The van der Waals surface area contributed by atoms with Gasteiger partial charge < -0.3 is 10.4 Å². The van der Waals surface area contributed by atoms with Gasteiger partial charge in [0.25, 0.3) is 0 Å². The van der Waals surface area contributed by atoms with Crippen LogP contribution in [0.4, 0.5) is 5.69 Å². The summed E-state index contributed by atoms with van der Waals surface area (Å²) in [5.41, 5.74) is 1.79. The Bertz CT molecular complexity index is 417. The maximum absolute atomic E-state index is 11.1. The highest BCUT2D eigenvalue weighted by atomic mass is 32.2. The molecule has 1 aromatic heterocycles. The molecule has 1 aliphatic heterocycles. The van der Waals surface area contributed by atoms with Gasteiger partial charge in [0, 0.05) is 17.9 Å². The molecule has 0 saturated carbocycles. The Kier molecular flexibility index (Phi) is 3.89. The van der Waals surface area contributed by atoms with Crippen molar-refractivity contribution in [1.82, 2.24) is 4.98 Å². The number of pyridine rings is 1. The highest BCUT2D eigenvalue weighted by molar-refractivity contribution is 7.99.